The van der Waals surface area contributed by atoms with Gasteiger partial charge in [0.05, 0.1) is 46.2 Å². The first-order chi connectivity index (χ1) is 15.7. The zero-order valence-corrected chi connectivity index (χ0v) is 19.4. The molecule has 12 nitrogen and oxygen atoms in total. The van der Waals surface area contributed by atoms with Gasteiger partial charge in [-0.2, -0.15) is 0 Å². The van der Waals surface area contributed by atoms with Gasteiger partial charge in [0.25, 0.3) is 5.91 Å². The van der Waals surface area contributed by atoms with Crippen molar-refractivity contribution in [2.24, 2.45) is 11.0 Å². The van der Waals surface area contributed by atoms with Gasteiger partial charge >= 0.3 is 6.09 Å². The Hall–Kier alpha value is -2.89. The van der Waals surface area contributed by atoms with Crippen LogP contribution in [0.4, 0.5) is 4.79 Å². The summed E-state index contributed by atoms with van der Waals surface area (Å²) in [5.41, 5.74) is 8.02. The van der Waals surface area contributed by atoms with Crippen molar-refractivity contribution in [1.29, 1.82) is 0 Å². The topological polar surface area (TPSA) is 161 Å². The molecular formula is C21H34N6O6. The third-order valence-electron chi connectivity index (χ3n) is 3.94. The molecule has 1 aromatic carbocycles. The average molecular weight is 467 g/mol. The van der Waals surface area contributed by atoms with Crippen LogP contribution in [0.1, 0.15) is 32.4 Å². The van der Waals surface area contributed by atoms with Gasteiger partial charge in [0, 0.05) is 11.5 Å². The van der Waals surface area contributed by atoms with Crippen LogP contribution < -0.4 is 11.2 Å². The Morgan fingerprint density at radius 2 is 1.64 bits per heavy atom. The first-order valence-electron chi connectivity index (χ1n) is 10.6. The smallest absolute Gasteiger partial charge is 0.408 e. The van der Waals surface area contributed by atoms with Crippen molar-refractivity contribution in [3.8, 4) is 0 Å². The highest BCUT2D eigenvalue weighted by Gasteiger charge is 2.28. The van der Waals surface area contributed by atoms with Crippen molar-refractivity contribution < 1.29 is 28.5 Å². The minimum absolute atomic E-state index is 0.126. The van der Waals surface area contributed by atoms with E-state index in [2.05, 4.69) is 15.3 Å². The fourth-order valence-electron chi connectivity index (χ4n) is 2.49. The maximum absolute atomic E-state index is 12.9. The van der Waals surface area contributed by atoms with Crippen LogP contribution >= 0.6 is 0 Å². The highest BCUT2D eigenvalue weighted by molar-refractivity contribution is 5.86. The third kappa shape index (κ3) is 13.3. The van der Waals surface area contributed by atoms with E-state index in [9.17, 15) is 9.59 Å². The summed E-state index contributed by atoms with van der Waals surface area (Å²) in [6.45, 7) is 7.61. The molecule has 1 rings (SSSR count). The van der Waals surface area contributed by atoms with E-state index in [4.69, 9.17) is 30.3 Å². The fourth-order valence-corrected chi connectivity index (χ4v) is 2.49. The molecule has 0 bridgehead atoms. The number of hydrazine groups is 1. The summed E-state index contributed by atoms with van der Waals surface area (Å²) in [7, 11) is 0. The highest BCUT2D eigenvalue weighted by Crippen LogP contribution is 2.16. The number of nitrogens with two attached hydrogens (primary N) is 1. The molecule has 0 aliphatic rings. The van der Waals surface area contributed by atoms with Gasteiger partial charge in [-0.3, -0.25) is 9.80 Å². The summed E-state index contributed by atoms with van der Waals surface area (Å²) in [6.07, 6.45) is -0.715. The zero-order chi connectivity index (χ0) is 24.5. The molecule has 0 radical (unpaired) electrons. The molecule has 0 aliphatic carbocycles. The number of rotatable bonds is 15. The molecule has 33 heavy (non-hydrogen) atoms. The minimum atomic E-state index is -0.992. The van der Waals surface area contributed by atoms with E-state index in [1.54, 1.807) is 45.0 Å². The van der Waals surface area contributed by atoms with Crippen molar-refractivity contribution in [3.05, 3.63) is 46.3 Å². The molecule has 0 spiro atoms. The molecule has 0 saturated carbocycles. The minimum Gasteiger partial charge on any atom is -0.444 e. The largest absolute Gasteiger partial charge is 0.444 e. The number of ether oxygens (including phenoxy) is 4. The maximum atomic E-state index is 12.9. The van der Waals surface area contributed by atoms with Gasteiger partial charge in [-0.1, -0.05) is 35.4 Å². The molecule has 3 N–H and O–H groups in total. The van der Waals surface area contributed by atoms with Crippen LogP contribution in [0.3, 0.4) is 0 Å². The zero-order valence-electron chi connectivity index (χ0n) is 19.4. The molecule has 184 valence electrons. The maximum Gasteiger partial charge on any atom is 0.408 e. The number of nitrogens with zero attached hydrogens (tertiary/aromatic N) is 4. The Kier molecular flexibility index (Phi) is 13.5. The second-order valence-electron chi connectivity index (χ2n) is 7.81. The number of alkyl carbamates (subject to hydrolysis) is 1. The molecule has 2 amide bonds. The summed E-state index contributed by atoms with van der Waals surface area (Å²) < 4.78 is 21.3. The predicted molar refractivity (Wildman–Crippen MR) is 121 cm³/mol. The highest BCUT2D eigenvalue weighted by atomic mass is 16.6. The Labute approximate surface area is 193 Å². The molecule has 12 heteroatoms. The van der Waals surface area contributed by atoms with Crippen LogP contribution in [0.2, 0.25) is 0 Å². The third-order valence-corrected chi connectivity index (χ3v) is 3.94. The number of nitrogens with one attached hydrogen (secondary N) is 1. The normalized spacial score (nSPS) is 11.9. The van der Waals surface area contributed by atoms with E-state index >= 15 is 0 Å². The lowest BCUT2D eigenvalue weighted by atomic mass is 10.1. The summed E-state index contributed by atoms with van der Waals surface area (Å²) in [5.74, 6) is 5.43. The van der Waals surface area contributed by atoms with Crippen LogP contribution in [0.5, 0.6) is 0 Å². The number of carbonyl (C=O) groups is 2. The Morgan fingerprint density at radius 3 is 2.21 bits per heavy atom. The molecule has 0 unspecified atom stereocenters. The quantitative estimate of drug-likeness (QED) is 0.0762. The first-order valence-corrected chi connectivity index (χ1v) is 10.6. The SMILES string of the molecule is CC(C)(C)OC(=O)N[C@H](C(=O)N(N)CCOCCOCCOCCN=[N+]=[N-])c1ccccc1. The molecule has 1 aromatic rings. The number of carbonyl (C=O) groups excluding carboxylic acids is 2. The lowest BCUT2D eigenvalue weighted by Gasteiger charge is -2.26. The summed E-state index contributed by atoms with van der Waals surface area (Å²) in [4.78, 5) is 27.7. The van der Waals surface area contributed by atoms with E-state index in [0.717, 1.165) is 5.01 Å². The Morgan fingerprint density at radius 1 is 1.06 bits per heavy atom. The molecule has 0 saturated heterocycles. The average Bonchev–Trinajstić information content (AvgIpc) is 2.77. The van der Waals surface area contributed by atoms with Crippen LogP contribution in [0.15, 0.2) is 35.4 Å². The lowest BCUT2D eigenvalue weighted by molar-refractivity contribution is -0.134. The molecule has 0 fully saturated rings. The number of hydrogen-bond donors (Lipinski definition) is 2. The molecule has 0 aliphatic heterocycles. The van der Waals surface area contributed by atoms with Gasteiger partial charge in [-0.15, -0.1) is 0 Å². The van der Waals surface area contributed by atoms with Crippen molar-refractivity contribution in [2.45, 2.75) is 32.4 Å². The number of hydrogen-bond acceptors (Lipinski definition) is 8. The lowest BCUT2D eigenvalue weighted by Crippen LogP contribution is -2.48. The van der Waals surface area contributed by atoms with Gasteiger partial charge in [-0.25, -0.2) is 10.6 Å². The number of amides is 2. The molecule has 0 aromatic heterocycles. The van der Waals surface area contributed by atoms with Crippen LogP contribution in [-0.2, 0) is 23.7 Å². The summed E-state index contributed by atoms with van der Waals surface area (Å²) in [6, 6.07) is 7.80. The monoisotopic (exact) mass is 466 g/mol. The summed E-state index contributed by atoms with van der Waals surface area (Å²) in [5, 5.41) is 6.95. The van der Waals surface area contributed by atoms with Crippen LogP contribution in [0.25, 0.3) is 10.4 Å². The molecule has 1 atom stereocenters. The number of benzene rings is 1. The van der Waals surface area contributed by atoms with E-state index in [0.29, 0.717) is 38.6 Å². The first kappa shape index (κ1) is 28.1. The van der Waals surface area contributed by atoms with Gasteiger partial charge in [-0.05, 0) is 31.9 Å². The second-order valence-corrected chi connectivity index (χ2v) is 7.81. The Balaban J connectivity index is 2.37. The second kappa shape index (κ2) is 15.8. The fraction of sp³-hybridized carbons (Fsp3) is 0.619. The van der Waals surface area contributed by atoms with Crippen LogP contribution in [0, 0.1) is 0 Å². The van der Waals surface area contributed by atoms with Crippen molar-refractivity contribution in [3.63, 3.8) is 0 Å². The van der Waals surface area contributed by atoms with E-state index in [1.807, 2.05) is 6.07 Å². The van der Waals surface area contributed by atoms with Gasteiger partial charge < -0.3 is 24.3 Å². The predicted octanol–water partition coefficient (Wildman–Crippen LogP) is 2.31. The van der Waals surface area contributed by atoms with Gasteiger partial charge in [0.15, 0.2) is 0 Å². The van der Waals surface area contributed by atoms with Gasteiger partial charge in [0.2, 0.25) is 0 Å². The van der Waals surface area contributed by atoms with Gasteiger partial charge in [0.1, 0.15) is 11.6 Å². The standard InChI is InChI=1S/C21H34N6O6/c1-21(2,3)33-20(29)25-18(17-7-5-4-6-8-17)19(28)27(23)10-12-31-14-16-32-15-13-30-11-9-24-26-22/h4-8,18H,9-16,23H2,1-3H3,(H,25,29)/t18-/m0/s1. The summed E-state index contributed by atoms with van der Waals surface area (Å²) >= 11 is 0. The van der Waals surface area contributed by atoms with Crippen molar-refractivity contribution in [2.75, 3.05) is 52.7 Å². The van der Waals surface area contributed by atoms with Crippen molar-refractivity contribution in [1.82, 2.24) is 10.3 Å². The van der Waals surface area contributed by atoms with E-state index in [-0.39, 0.29) is 19.7 Å². The van der Waals surface area contributed by atoms with Crippen LogP contribution in [-0.4, -0.2) is 75.3 Å². The molecular weight excluding hydrogens is 432 g/mol. The van der Waals surface area contributed by atoms with Crippen molar-refractivity contribution >= 4 is 12.0 Å². The molecule has 0 heterocycles. The Bertz CT molecular complexity index is 751. The van der Waals surface area contributed by atoms with E-state index in [1.165, 1.54) is 0 Å². The van der Waals surface area contributed by atoms with E-state index < -0.39 is 23.6 Å². The number of azide groups is 1.